The summed E-state index contributed by atoms with van der Waals surface area (Å²) >= 11 is 2.05. The van der Waals surface area contributed by atoms with Gasteiger partial charge in [-0.25, -0.2) is 4.70 Å². The van der Waals surface area contributed by atoms with Crippen LogP contribution in [-0.4, -0.2) is 4.70 Å². The smallest absolute Gasteiger partial charge is 0.493 e. The molecule has 91 heavy (non-hydrogen) atoms. The van der Waals surface area contributed by atoms with Crippen LogP contribution in [0.2, 0.25) is 10.8 Å². The molecule has 530 valence electrons. The van der Waals surface area contributed by atoms with E-state index in [1.165, 1.54) is 415 Å². The van der Waals surface area contributed by atoms with E-state index in [0.29, 0.717) is 0 Å². The van der Waals surface area contributed by atoms with Crippen LogP contribution in [0.1, 0.15) is 459 Å². The number of unbranched alkanes of at least 4 members (excludes halogenated alkanes) is 51. The van der Waals surface area contributed by atoms with Crippen molar-refractivity contribution in [3.63, 3.8) is 0 Å². The molecule has 1 heterocycles. The summed E-state index contributed by atoms with van der Waals surface area (Å²) in [7, 11) is 0. The molecule has 0 fully saturated rings. The van der Waals surface area contributed by atoms with E-state index in [-0.39, 0.29) is 0 Å². The molecule has 3 heteroatoms. The summed E-state index contributed by atoms with van der Waals surface area (Å²) in [4.78, 5) is 0. The molecule has 1 aliphatic heterocycles. The topological polar surface area (TPSA) is 25.3 Å². The van der Waals surface area contributed by atoms with Crippen molar-refractivity contribution in [1.82, 2.24) is 0 Å². The number of aryl methyl sites for hydroxylation is 4. The van der Waals surface area contributed by atoms with Crippen LogP contribution in [0.3, 0.4) is 0 Å². The van der Waals surface area contributed by atoms with Crippen molar-refractivity contribution in [2.45, 2.75) is 464 Å². The van der Waals surface area contributed by atoms with Gasteiger partial charge in [-0.1, -0.05) is 254 Å². The molecule has 0 saturated heterocycles. The molecule has 0 radical (unpaired) electrons. The Bertz CT molecular complexity index is 1900. The Balaban J connectivity index is 0.000000626. The summed E-state index contributed by atoms with van der Waals surface area (Å²) in [6, 6.07) is 9.47. The van der Waals surface area contributed by atoms with Gasteiger partial charge in [0, 0.05) is 23.3 Å². The first-order valence-corrected chi connectivity index (χ1v) is 43.0. The summed E-state index contributed by atoms with van der Waals surface area (Å²) in [5.41, 5.74) is 24.7. The van der Waals surface area contributed by atoms with Gasteiger partial charge in [0.15, 0.2) is 0 Å². The van der Waals surface area contributed by atoms with Crippen LogP contribution in [-0.2, 0) is 53.0 Å². The van der Waals surface area contributed by atoms with Crippen LogP contribution in [0.15, 0.2) is 36.4 Å². The predicted octanol–water partition coefficient (Wildman–Crippen LogP) is 31.3. The second-order valence-electron chi connectivity index (χ2n) is 28.8. The normalized spacial score (nSPS) is 12.4. The van der Waals surface area contributed by atoms with Crippen molar-refractivity contribution in [1.29, 1.82) is 0 Å². The van der Waals surface area contributed by atoms with Crippen molar-refractivity contribution in [3.8, 4) is 0 Å². The zero-order valence-corrected chi connectivity index (χ0v) is 63.9. The second kappa shape index (κ2) is 64.0. The third kappa shape index (κ3) is 44.5. The van der Waals surface area contributed by atoms with Gasteiger partial charge in [-0.05, 0) is 115 Å². The molecular formula is C88H158N2Ni. The van der Waals surface area contributed by atoms with Gasteiger partial charge in [-0.2, -0.15) is 0 Å². The Labute approximate surface area is 577 Å². The quantitative estimate of drug-likeness (QED) is 0.0358. The van der Waals surface area contributed by atoms with E-state index in [9.17, 15) is 5.53 Å². The molecule has 0 N–H and O–H groups in total. The average molecular weight is 1300 g/mol. The van der Waals surface area contributed by atoms with Crippen molar-refractivity contribution in [3.05, 3.63) is 86.5 Å². The zero-order valence-electron chi connectivity index (χ0n) is 62.9. The van der Waals surface area contributed by atoms with Crippen LogP contribution < -0.4 is 0 Å². The summed E-state index contributed by atoms with van der Waals surface area (Å²) in [6.07, 6.45) is 91.5. The minimum absolute atomic E-state index is 0.898. The van der Waals surface area contributed by atoms with Gasteiger partial charge in [0.1, 0.15) is 0 Å². The SMILES string of the molecule is CCCCCCCCCCCCCCCCCCCCCCC[CH2][Ni][CH2]CCCCCCCCCCCCCCCCCCCCCCC.CCCCCCc1cc(C2=CC=C(c3cc(CC)c(CC)c(CC)c3)[N+]2=[N-])cc(CCCCCC)c1CCCCCC. The Morgan fingerprint density at radius 1 is 0.242 bits per heavy atom. The van der Waals surface area contributed by atoms with Crippen LogP contribution in [0, 0.1) is 0 Å². The van der Waals surface area contributed by atoms with E-state index < -0.39 is 0 Å². The Kier molecular flexibility index (Phi) is 59.9. The number of hydrogen-bond acceptors (Lipinski definition) is 0. The minimum Gasteiger partial charge on any atom is -0.493 e. The third-order valence-corrected chi connectivity index (χ3v) is 21.9. The monoisotopic (exact) mass is 1300 g/mol. The van der Waals surface area contributed by atoms with E-state index in [1.807, 2.05) is 0 Å². The number of allylic oxidation sites excluding steroid dienone is 2. The molecule has 0 aliphatic carbocycles. The number of rotatable bonds is 66. The molecule has 2 nitrogen and oxygen atoms in total. The number of benzene rings is 2. The molecule has 0 bridgehead atoms. The molecule has 1 aliphatic rings. The number of hydrogen-bond donors (Lipinski definition) is 0. The molecule has 3 rings (SSSR count). The van der Waals surface area contributed by atoms with Crippen molar-refractivity contribution >= 4 is 11.4 Å². The van der Waals surface area contributed by atoms with Crippen molar-refractivity contribution in [2.24, 2.45) is 0 Å². The minimum atomic E-state index is 0.898. The fourth-order valence-corrected chi connectivity index (χ4v) is 15.7. The summed E-state index contributed by atoms with van der Waals surface area (Å²) in [5, 5.41) is 2.87. The summed E-state index contributed by atoms with van der Waals surface area (Å²) in [6.45, 7) is 18.3. The maximum absolute atomic E-state index is 11.6. The van der Waals surface area contributed by atoms with E-state index in [0.717, 1.165) is 49.1 Å². The molecule has 0 amide bonds. The third-order valence-electron chi connectivity index (χ3n) is 20.5. The molecule has 0 saturated carbocycles. The molecule has 0 atom stereocenters. The first-order chi connectivity index (χ1) is 44.9. The fourth-order valence-electron chi connectivity index (χ4n) is 14.4. The van der Waals surface area contributed by atoms with Crippen LogP contribution in [0.4, 0.5) is 0 Å². The summed E-state index contributed by atoms with van der Waals surface area (Å²) < 4.78 is 1.47. The fraction of sp³-hybridized carbons (Fsp3) is 0.818. The Morgan fingerprint density at radius 3 is 0.703 bits per heavy atom. The molecule has 0 unspecified atom stereocenters. The van der Waals surface area contributed by atoms with Gasteiger partial charge in [0.05, 0.1) is 0 Å². The first kappa shape index (κ1) is 85.1. The zero-order chi connectivity index (χ0) is 65.6. The van der Waals surface area contributed by atoms with Gasteiger partial charge < -0.3 is 5.53 Å². The molecule has 2 aromatic rings. The molecule has 2 aromatic carbocycles. The predicted molar refractivity (Wildman–Crippen MR) is 408 cm³/mol. The van der Waals surface area contributed by atoms with Crippen LogP contribution in [0.5, 0.6) is 0 Å². The van der Waals surface area contributed by atoms with Gasteiger partial charge in [0.2, 0.25) is 11.4 Å². The van der Waals surface area contributed by atoms with E-state index >= 15 is 0 Å². The van der Waals surface area contributed by atoms with Crippen LogP contribution in [0.25, 0.3) is 16.9 Å². The standard InChI is InChI=1S/C40H60N2.2C24H49.Ni/c1-7-13-16-19-22-33-29-36(30-34(23-20-17-14-8-2)38(33)24-21-18-15-9-3)40-26-25-39(42(40)41)35-27-31(10-4)37(12-6)32(11-5)28-35;2*1-3-5-7-9-11-13-15-17-19-21-23-24-22-20-18-16-14-12-10-8-6-4-2;/h25-30H,7-24H2,1-6H3;2*1,3-24H2,2H3;. The Morgan fingerprint density at radius 2 is 0.462 bits per heavy atom. The molecular weight excluding hydrogens is 1140 g/mol. The average Bonchev–Trinajstić information content (AvgIpc) is 1.82. The van der Waals surface area contributed by atoms with Crippen molar-refractivity contribution in [2.75, 3.05) is 0 Å². The van der Waals surface area contributed by atoms with Gasteiger partial charge >= 0.3 is 166 Å². The summed E-state index contributed by atoms with van der Waals surface area (Å²) in [5.74, 6) is 0. The molecule has 0 spiro atoms. The first-order valence-electron chi connectivity index (χ1n) is 41.6. The van der Waals surface area contributed by atoms with Gasteiger partial charge in [0.25, 0.3) is 0 Å². The maximum atomic E-state index is 11.6. The van der Waals surface area contributed by atoms with E-state index in [2.05, 4.69) is 106 Å². The van der Waals surface area contributed by atoms with E-state index in [1.54, 1.807) is 5.56 Å². The van der Waals surface area contributed by atoms with Crippen molar-refractivity contribution < 1.29 is 19.1 Å². The number of nitrogens with zero attached hydrogens (tertiary/aromatic N) is 2. The Hall–Kier alpha value is -1.99. The van der Waals surface area contributed by atoms with Gasteiger partial charge in [-0.15, -0.1) is 0 Å². The van der Waals surface area contributed by atoms with E-state index in [4.69, 9.17) is 0 Å². The van der Waals surface area contributed by atoms with Crippen LogP contribution >= 0.6 is 0 Å². The molecule has 0 aromatic heterocycles. The second-order valence-corrected chi connectivity index (χ2v) is 30.3. The van der Waals surface area contributed by atoms with Gasteiger partial charge in [-0.3, -0.25) is 0 Å².